The normalized spacial score (nSPS) is 11.9. The number of hydrogen-bond donors (Lipinski definition) is 1. The molecule has 0 aliphatic heterocycles. The summed E-state index contributed by atoms with van der Waals surface area (Å²) < 4.78 is 23.3. The van der Waals surface area contributed by atoms with Gasteiger partial charge in [0.1, 0.15) is 9.84 Å². The summed E-state index contributed by atoms with van der Waals surface area (Å²) in [6.07, 6.45) is 1.19. The van der Waals surface area contributed by atoms with Gasteiger partial charge in [0.2, 0.25) is 0 Å². The summed E-state index contributed by atoms with van der Waals surface area (Å²) in [5.41, 5.74) is 0. The maximum atomic E-state index is 10.9. The average Bonchev–Trinajstić information content (AvgIpc) is 2.48. The number of hydrogen-bond acceptors (Lipinski definition) is 6. The number of aromatic nitrogens is 4. The molecule has 0 bridgehead atoms. The molecule has 1 aromatic heterocycles. The standard InChI is InChI=1S/C6H13N5O2S/c1-7-5-6-8-9-10-11(6)3-4-14(2,12)13/h7H,3-5H2,1-2H3. The quantitative estimate of drug-likeness (QED) is 0.644. The van der Waals surface area contributed by atoms with Crippen LogP contribution in [0.2, 0.25) is 0 Å². The Balaban J connectivity index is 2.62. The zero-order valence-electron chi connectivity index (χ0n) is 8.13. The van der Waals surface area contributed by atoms with Crippen molar-refractivity contribution in [1.82, 2.24) is 25.5 Å². The van der Waals surface area contributed by atoms with Crippen molar-refractivity contribution >= 4 is 9.84 Å². The molecule has 0 aromatic carbocycles. The van der Waals surface area contributed by atoms with Gasteiger partial charge in [0, 0.05) is 6.26 Å². The van der Waals surface area contributed by atoms with Gasteiger partial charge in [-0.1, -0.05) is 0 Å². The van der Waals surface area contributed by atoms with Crippen LogP contribution < -0.4 is 5.32 Å². The fraction of sp³-hybridized carbons (Fsp3) is 0.833. The van der Waals surface area contributed by atoms with Gasteiger partial charge in [-0.2, -0.15) is 0 Å². The van der Waals surface area contributed by atoms with Gasteiger partial charge in [0.25, 0.3) is 0 Å². The minimum absolute atomic E-state index is 0.0504. The van der Waals surface area contributed by atoms with E-state index in [1.807, 2.05) is 0 Å². The highest BCUT2D eigenvalue weighted by atomic mass is 32.2. The van der Waals surface area contributed by atoms with Crippen LogP contribution in [0.15, 0.2) is 0 Å². The lowest BCUT2D eigenvalue weighted by atomic mass is 10.6. The summed E-state index contributed by atoms with van der Waals surface area (Å²) in [4.78, 5) is 0. The van der Waals surface area contributed by atoms with Crippen molar-refractivity contribution in [2.45, 2.75) is 13.1 Å². The van der Waals surface area contributed by atoms with Crippen molar-refractivity contribution in [3.05, 3.63) is 5.82 Å². The first kappa shape index (κ1) is 11.1. The third-order valence-electron chi connectivity index (χ3n) is 1.61. The predicted octanol–water partition coefficient (Wildman–Crippen LogP) is -1.56. The molecule has 1 aromatic rings. The first-order valence-electron chi connectivity index (χ1n) is 4.10. The van der Waals surface area contributed by atoms with E-state index in [0.29, 0.717) is 18.9 Å². The van der Waals surface area contributed by atoms with E-state index >= 15 is 0 Å². The van der Waals surface area contributed by atoms with Crippen LogP contribution in [0.3, 0.4) is 0 Å². The monoisotopic (exact) mass is 219 g/mol. The van der Waals surface area contributed by atoms with Crippen LogP contribution in [-0.2, 0) is 22.9 Å². The number of tetrazole rings is 1. The van der Waals surface area contributed by atoms with Crippen LogP contribution in [0.4, 0.5) is 0 Å². The number of nitrogens with zero attached hydrogens (tertiary/aromatic N) is 4. The van der Waals surface area contributed by atoms with E-state index in [9.17, 15) is 8.42 Å². The van der Waals surface area contributed by atoms with Crippen molar-refractivity contribution in [1.29, 1.82) is 0 Å². The van der Waals surface area contributed by atoms with Crippen LogP contribution in [0.1, 0.15) is 5.82 Å². The molecule has 0 radical (unpaired) electrons. The molecule has 0 fully saturated rings. The van der Waals surface area contributed by atoms with Crippen LogP contribution in [0.5, 0.6) is 0 Å². The Morgan fingerprint density at radius 3 is 2.79 bits per heavy atom. The van der Waals surface area contributed by atoms with Crippen molar-refractivity contribution < 1.29 is 8.42 Å². The topological polar surface area (TPSA) is 89.8 Å². The second-order valence-corrected chi connectivity index (χ2v) is 5.24. The molecule has 0 atom stereocenters. The average molecular weight is 219 g/mol. The molecule has 0 unspecified atom stereocenters. The van der Waals surface area contributed by atoms with Crippen molar-refractivity contribution in [2.24, 2.45) is 0 Å². The SMILES string of the molecule is CNCc1nnnn1CCS(C)(=O)=O. The molecule has 0 saturated heterocycles. The summed E-state index contributed by atoms with van der Waals surface area (Å²) >= 11 is 0. The summed E-state index contributed by atoms with van der Waals surface area (Å²) in [5, 5.41) is 13.8. The Labute approximate surface area is 82.4 Å². The van der Waals surface area contributed by atoms with E-state index in [2.05, 4.69) is 20.8 Å². The lowest BCUT2D eigenvalue weighted by Gasteiger charge is -2.02. The second-order valence-electron chi connectivity index (χ2n) is 2.98. The van der Waals surface area contributed by atoms with Crippen LogP contribution in [0, 0.1) is 0 Å². The van der Waals surface area contributed by atoms with Crippen LogP contribution in [-0.4, -0.2) is 47.7 Å². The van der Waals surface area contributed by atoms with Gasteiger partial charge in [0.05, 0.1) is 18.8 Å². The van der Waals surface area contributed by atoms with E-state index < -0.39 is 9.84 Å². The Morgan fingerprint density at radius 1 is 1.50 bits per heavy atom. The predicted molar refractivity (Wildman–Crippen MR) is 50.3 cm³/mol. The molecule has 8 heteroatoms. The molecule has 0 aliphatic carbocycles. The summed E-state index contributed by atoms with van der Waals surface area (Å²) in [6, 6.07) is 0. The fourth-order valence-corrected chi connectivity index (χ4v) is 1.44. The third kappa shape index (κ3) is 3.38. The molecule has 14 heavy (non-hydrogen) atoms. The second kappa shape index (κ2) is 4.47. The highest BCUT2D eigenvalue weighted by Crippen LogP contribution is 1.93. The van der Waals surface area contributed by atoms with Gasteiger partial charge < -0.3 is 5.32 Å². The van der Waals surface area contributed by atoms with E-state index in [0.717, 1.165) is 0 Å². The van der Waals surface area contributed by atoms with Crippen LogP contribution >= 0.6 is 0 Å². The van der Waals surface area contributed by atoms with Gasteiger partial charge >= 0.3 is 0 Å². The molecule has 0 aliphatic rings. The van der Waals surface area contributed by atoms with Gasteiger partial charge in [-0.15, -0.1) is 5.10 Å². The summed E-state index contributed by atoms with van der Waals surface area (Å²) in [6.45, 7) is 0.819. The van der Waals surface area contributed by atoms with Crippen LogP contribution in [0.25, 0.3) is 0 Å². The van der Waals surface area contributed by atoms with E-state index in [1.165, 1.54) is 10.9 Å². The Bertz CT molecular complexity index is 385. The van der Waals surface area contributed by atoms with Crippen molar-refractivity contribution in [3.8, 4) is 0 Å². The van der Waals surface area contributed by atoms with Gasteiger partial charge in [-0.3, -0.25) is 0 Å². The molecule has 0 saturated carbocycles. The number of nitrogens with one attached hydrogen (secondary N) is 1. The summed E-state index contributed by atoms with van der Waals surface area (Å²) in [7, 11) is -1.20. The third-order valence-corrected chi connectivity index (χ3v) is 2.54. The van der Waals surface area contributed by atoms with E-state index in [4.69, 9.17) is 0 Å². The molecule has 80 valence electrons. The molecule has 0 amide bonds. The molecular formula is C6H13N5O2S. The molecular weight excluding hydrogens is 206 g/mol. The highest BCUT2D eigenvalue weighted by Gasteiger charge is 2.08. The van der Waals surface area contributed by atoms with Gasteiger partial charge in [-0.25, -0.2) is 13.1 Å². The maximum absolute atomic E-state index is 10.9. The summed E-state index contributed by atoms with van der Waals surface area (Å²) in [5.74, 6) is 0.686. The largest absolute Gasteiger partial charge is 0.313 e. The minimum Gasteiger partial charge on any atom is -0.313 e. The van der Waals surface area contributed by atoms with E-state index in [-0.39, 0.29) is 5.75 Å². The smallest absolute Gasteiger partial charge is 0.165 e. The van der Waals surface area contributed by atoms with Gasteiger partial charge in [0.15, 0.2) is 5.82 Å². The van der Waals surface area contributed by atoms with Crippen molar-refractivity contribution in [2.75, 3.05) is 19.1 Å². The van der Waals surface area contributed by atoms with E-state index in [1.54, 1.807) is 7.05 Å². The molecule has 7 nitrogen and oxygen atoms in total. The first-order chi connectivity index (χ1) is 6.53. The van der Waals surface area contributed by atoms with Crippen molar-refractivity contribution in [3.63, 3.8) is 0 Å². The lowest BCUT2D eigenvalue weighted by Crippen LogP contribution is -2.17. The zero-order valence-corrected chi connectivity index (χ0v) is 8.95. The number of sulfone groups is 1. The maximum Gasteiger partial charge on any atom is 0.165 e. The fourth-order valence-electron chi connectivity index (χ4n) is 0.934. The lowest BCUT2D eigenvalue weighted by molar-refractivity contribution is 0.562. The number of rotatable bonds is 5. The molecule has 0 spiro atoms. The Morgan fingerprint density at radius 2 is 2.21 bits per heavy atom. The first-order valence-corrected chi connectivity index (χ1v) is 6.16. The highest BCUT2D eigenvalue weighted by molar-refractivity contribution is 7.90. The molecule has 1 rings (SSSR count). The number of aryl methyl sites for hydroxylation is 1. The molecule has 1 N–H and O–H groups in total. The Hall–Kier alpha value is -1.02. The Kier molecular flexibility index (Phi) is 3.53. The van der Waals surface area contributed by atoms with Gasteiger partial charge in [-0.05, 0) is 17.5 Å². The minimum atomic E-state index is -2.97. The molecule has 1 heterocycles. The zero-order chi connectivity index (χ0) is 10.6.